The van der Waals surface area contributed by atoms with Gasteiger partial charge in [0, 0.05) is 50.0 Å². The van der Waals surface area contributed by atoms with Gasteiger partial charge in [-0.3, -0.25) is 4.90 Å². The van der Waals surface area contributed by atoms with Crippen LogP contribution in [0.1, 0.15) is 32.4 Å². The van der Waals surface area contributed by atoms with Gasteiger partial charge in [-0.15, -0.1) is 0 Å². The third-order valence-electron chi connectivity index (χ3n) is 3.82. The summed E-state index contributed by atoms with van der Waals surface area (Å²) in [5.41, 5.74) is 7.54. The Morgan fingerprint density at radius 3 is 2.35 bits per heavy atom. The fourth-order valence-corrected chi connectivity index (χ4v) is 2.94. The quantitative estimate of drug-likeness (QED) is 0.919. The molecule has 1 aromatic carbocycles. The van der Waals surface area contributed by atoms with Gasteiger partial charge in [0.25, 0.3) is 0 Å². The van der Waals surface area contributed by atoms with Crippen LogP contribution in [0.2, 0.25) is 0 Å². The van der Waals surface area contributed by atoms with Gasteiger partial charge in [0.15, 0.2) is 0 Å². The lowest BCUT2D eigenvalue weighted by Gasteiger charge is -2.38. The van der Waals surface area contributed by atoms with E-state index in [-0.39, 0.29) is 11.9 Å². The molecule has 0 bridgehead atoms. The predicted octanol–water partition coefficient (Wildman–Crippen LogP) is 2.62. The molecule has 0 aliphatic carbocycles. The molecular weight excluding hydrogens is 253 g/mol. The maximum Gasteiger partial charge on any atom is 0.130 e. The molecule has 0 unspecified atom stereocenters. The lowest BCUT2D eigenvalue weighted by atomic mass is 10.0. The highest BCUT2D eigenvalue weighted by Gasteiger charge is 2.22. The molecule has 1 aromatic rings. The van der Waals surface area contributed by atoms with E-state index < -0.39 is 0 Å². The van der Waals surface area contributed by atoms with Gasteiger partial charge in [-0.25, -0.2) is 4.39 Å². The first-order valence-corrected chi connectivity index (χ1v) is 7.50. The summed E-state index contributed by atoms with van der Waals surface area (Å²) in [7, 11) is 0. The zero-order valence-corrected chi connectivity index (χ0v) is 12.8. The number of hydrogen-bond donors (Lipinski definition) is 1. The molecule has 112 valence electrons. The predicted molar refractivity (Wildman–Crippen MR) is 82.5 cm³/mol. The van der Waals surface area contributed by atoms with E-state index in [0.29, 0.717) is 11.5 Å². The molecule has 1 heterocycles. The highest BCUT2D eigenvalue weighted by atomic mass is 19.1. The standard InChI is InChI=1S/C16H26FN3/c1-12(2)11-19-7-9-20(10-8-19)15-6-4-5-14(17)16(15)13(3)18/h4-6,12-13H,7-11,18H2,1-3H3/t13-/m0/s1. The summed E-state index contributed by atoms with van der Waals surface area (Å²) in [6.45, 7) is 11.4. The molecule has 0 spiro atoms. The summed E-state index contributed by atoms with van der Waals surface area (Å²) >= 11 is 0. The smallest absolute Gasteiger partial charge is 0.130 e. The first-order valence-electron chi connectivity index (χ1n) is 7.50. The van der Waals surface area contributed by atoms with Crippen LogP contribution in [0.5, 0.6) is 0 Å². The lowest BCUT2D eigenvalue weighted by molar-refractivity contribution is 0.231. The number of piperazine rings is 1. The van der Waals surface area contributed by atoms with Crippen molar-refractivity contribution in [2.45, 2.75) is 26.8 Å². The third-order valence-corrected chi connectivity index (χ3v) is 3.82. The molecule has 0 aromatic heterocycles. The molecule has 1 atom stereocenters. The van der Waals surface area contributed by atoms with E-state index in [1.165, 1.54) is 6.07 Å². The summed E-state index contributed by atoms with van der Waals surface area (Å²) in [5.74, 6) is 0.498. The van der Waals surface area contributed by atoms with Crippen LogP contribution in [0.4, 0.5) is 10.1 Å². The molecule has 0 amide bonds. The first kappa shape index (κ1) is 15.3. The summed E-state index contributed by atoms with van der Waals surface area (Å²) in [6, 6.07) is 4.98. The molecule has 1 fully saturated rings. The fourth-order valence-electron chi connectivity index (χ4n) is 2.94. The van der Waals surface area contributed by atoms with E-state index in [1.807, 2.05) is 13.0 Å². The van der Waals surface area contributed by atoms with Gasteiger partial charge in [-0.1, -0.05) is 19.9 Å². The van der Waals surface area contributed by atoms with Crippen molar-refractivity contribution in [2.75, 3.05) is 37.6 Å². The zero-order valence-electron chi connectivity index (χ0n) is 12.8. The SMILES string of the molecule is CC(C)CN1CCN(c2cccc(F)c2[C@H](C)N)CC1. The minimum absolute atomic E-state index is 0.192. The molecule has 4 heteroatoms. The number of halogens is 1. The largest absolute Gasteiger partial charge is 0.369 e. The number of anilines is 1. The Morgan fingerprint density at radius 2 is 1.80 bits per heavy atom. The van der Waals surface area contributed by atoms with E-state index in [1.54, 1.807) is 6.07 Å². The second-order valence-electron chi connectivity index (χ2n) is 6.14. The van der Waals surface area contributed by atoms with Crippen LogP contribution in [-0.2, 0) is 0 Å². The van der Waals surface area contributed by atoms with Crippen LogP contribution in [-0.4, -0.2) is 37.6 Å². The number of hydrogen-bond acceptors (Lipinski definition) is 3. The Labute approximate surface area is 121 Å². The van der Waals surface area contributed by atoms with Crippen LogP contribution < -0.4 is 10.6 Å². The van der Waals surface area contributed by atoms with Gasteiger partial charge in [0.2, 0.25) is 0 Å². The van der Waals surface area contributed by atoms with Crippen LogP contribution in [0, 0.1) is 11.7 Å². The van der Waals surface area contributed by atoms with Crippen LogP contribution in [0.15, 0.2) is 18.2 Å². The fraction of sp³-hybridized carbons (Fsp3) is 0.625. The maximum atomic E-state index is 14.0. The summed E-state index contributed by atoms with van der Waals surface area (Å²) in [4.78, 5) is 4.74. The van der Waals surface area contributed by atoms with E-state index in [9.17, 15) is 4.39 Å². The summed E-state index contributed by atoms with van der Waals surface area (Å²) in [5, 5.41) is 0. The average molecular weight is 279 g/mol. The monoisotopic (exact) mass is 279 g/mol. The van der Waals surface area contributed by atoms with E-state index in [4.69, 9.17) is 5.73 Å². The Kier molecular flexibility index (Phi) is 5.00. The van der Waals surface area contributed by atoms with Crippen LogP contribution in [0.25, 0.3) is 0 Å². The van der Waals surface area contributed by atoms with E-state index in [2.05, 4.69) is 23.6 Å². The van der Waals surface area contributed by atoms with Gasteiger partial charge in [-0.05, 0) is 25.0 Å². The highest BCUT2D eigenvalue weighted by molar-refractivity contribution is 5.55. The summed E-state index contributed by atoms with van der Waals surface area (Å²) in [6.07, 6.45) is 0. The Morgan fingerprint density at radius 1 is 1.15 bits per heavy atom. The van der Waals surface area contributed by atoms with Gasteiger partial charge >= 0.3 is 0 Å². The van der Waals surface area contributed by atoms with Crippen molar-refractivity contribution in [2.24, 2.45) is 11.7 Å². The van der Waals surface area contributed by atoms with Crippen molar-refractivity contribution >= 4 is 5.69 Å². The molecule has 2 rings (SSSR count). The highest BCUT2D eigenvalue weighted by Crippen LogP contribution is 2.28. The minimum atomic E-state index is -0.278. The Bertz CT molecular complexity index is 437. The molecule has 2 N–H and O–H groups in total. The van der Waals surface area contributed by atoms with Gasteiger partial charge in [0.05, 0.1) is 0 Å². The second kappa shape index (κ2) is 6.55. The average Bonchev–Trinajstić information content (AvgIpc) is 2.38. The molecule has 3 nitrogen and oxygen atoms in total. The molecule has 0 radical (unpaired) electrons. The lowest BCUT2D eigenvalue weighted by Crippen LogP contribution is -2.47. The summed E-state index contributed by atoms with van der Waals surface area (Å²) < 4.78 is 14.0. The number of benzene rings is 1. The Hall–Kier alpha value is -1.13. The molecule has 20 heavy (non-hydrogen) atoms. The Balaban J connectivity index is 2.09. The molecular formula is C16H26FN3. The van der Waals surface area contributed by atoms with Gasteiger partial charge < -0.3 is 10.6 Å². The molecule has 0 saturated carbocycles. The number of rotatable bonds is 4. The van der Waals surface area contributed by atoms with Gasteiger partial charge in [-0.2, -0.15) is 0 Å². The third kappa shape index (κ3) is 3.49. The van der Waals surface area contributed by atoms with Crippen molar-refractivity contribution < 1.29 is 4.39 Å². The van der Waals surface area contributed by atoms with Crippen molar-refractivity contribution in [1.82, 2.24) is 4.90 Å². The van der Waals surface area contributed by atoms with E-state index in [0.717, 1.165) is 38.4 Å². The molecule has 1 saturated heterocycles. The van der Waals surface area contributed by atoms with Crippen molar-refractivity contribution in [3.8, 4) is 0 Å². The number of nitrogens with two attached hydrogens (primary N) is 1. The molecule has 1 aliphatic heterocycles. The molecule has 1 aliphatic rings. The maximum absolute atomic E-state index is 14.0. The first-order chi connectivity index (χ1) is 9.49. The van der Waals surface area contributed by atoms with Crippen molar-refractivity contribution in [3.05, 3.63) is 29.6 Å². The van der Waals surface area contributed by atoms with Crippen LogP contribution >= 0.6 is 0 Å². The topological polar surface area (TPSA) is 32.5 Å². The minimum Gasteiger partial charge on any atom is -0.369 e. The normalized spacial score (nSPS) is 18.6. The van der Waals surface area contributed by atoms with Crippen LogP contribution in [0.3, 0.4) is 0 Å². The van der Waals surface area contributed by atoms with E-state index >= 15 is 0 Å². The zero-order chi connectivity index (χ0) is 14.7. The van der Waals surface area contributed by atoms with Crippen molar-refractivity contribution in [1.29, 1.82) is 0 Å². The van der Waals surface area contributed by atoms with Crippen molar-refractivity contribution in [3.63, 3.8) is 0 Å². The van der Waals surface area contributed by atoms with Gasteiger partial charge in [0.1, 0.15) is 5.82 Å². The number of nitrogens with zero attached hydrogens (tertiary/aromatic N) is 2. The second-order valence-corrected chi connectivity index (χ2v) is 6.14.